The number of unbranched alkanes of at least 4 members (excludes halogenated alkanes) is 3. The number of nitrogens with one attached hydrogen (secondary N) is 4. The second kappa shape index (κ2) is 36.5. The molecule has 0 aliphatic carbocycles. The normalized spacial score (nSPS) is 11.7. The van der Waals surface area contributed by atoms with E-state index in [1.807, 2.05) is 0 Å². The number of carbonyl (C=O) groups excluding carboxylic acids is 5. The molecule has 22 nitrogen and oxygen atoms in total. The average Bonchev–Trinajstić information content (AvgIpc) is 3.29. The molecule has 0 saturated heterocycles. The molecule has 26 heteroatoms. The van der Waals surface area contributed by atoms with E-state index >= 15 is 0 Å². The van der Waals surface area contributed by atoms with Crippen LogP contribution in [0.25, 0.3) is 0 Å². The molecule has 0 spiro atoms. The van der Waals surface area contributed by atoms with Crippen molar-refractivity contribution < 1.29 is 90.5 Å². The maximum Gasteiger partial charge on any atom is 0.412 e. The third-order valence-electron chi connectivity index (χ3n) is 8.70. The summed E-state index contributed by atoms with van der Waals surface area (Å²) in [5.41, 5.74) is 8.36. The highest BCUT2D eigenvalue weighted by atomic mass is 35.5. The fraction of sp³-hybridized carbons (Fsp3) is 0.469. The molecule has 0 bridgehead atoms. The van der Waals surface area contributed by atoms with E-state index < -0.39 is 88.7 Å². The molecule has 3 aromatic carbocycles. The quantitative estimate of drug-likeness (QED) is 0.0338. The number of rotatable bonds is 22. The molecule has 0 aliphatic rings. The molecule has 418 valence electrons. The van der Waals surface area contributed by atoms with Crippen LogP contribution >= 0.6 is 11.6 Å². The molecular weight excluding hydrogens is 1020 g/mol. The van der Waals surface area contributed by atoms with Gasteiger partial charge in [-0.1, -0.05) is 0 Å². The van der Waals surface area contributed by atoms with Gasteiger partial charge in [0.15, 0.2) is 0 Å². The minimum atomic E-state index is -1.16. The van der Waals surface area contributed by atoms with Gasteiger partial charge in [-0.25, -0.2) is 46.7 Å². The molecule has 0 heterocycles. The number of hydrogen-bond acceptors (Lipinski definition) is 15. The number of halogens is 4. The highest BCUT2D eigenvalue weighted by Crippen LogP contribution is 2.15. The number of benzene rings is 3. The zero-order chi connectivity index (χ0) is 57.1. The Morgan fingerprint density at radius 1 is 0.507 bits per heavy atom. The van der Waals surface area contributed by atoms with Gasteiger partial charge in [-0.15, -0.1) is 0 Å². The van der Waals surface area contributed by atoms with Crippen molar-refractivity contribution in [3.63, 3.8) is 0 Å². The summed E-state index contributed by atoms with van der Waals surface area (Å²) < 4.78 is 61.9. The molecule has 11 N–H and O–H groups in total. The van der Waals surface area contributed by atoms with E-state index in [0.29, 0.717) is 58.0 Å². The number of aliphatic carboxylic acids is 3. The summed E-state index contributed by atoms with van der Waals surface area (Å²) in [7, 11) is 0. The molecule has 3 unspecified atom stereocenters. The predicted molar refractivity (Wildman–Crippen MR) is 267 cm³/mol. The van der Waals surface area contributed by atoms with Crippen molar-refractivity contribution in [2.24, 2.45) is 11.5 Å². The molecule has 3 rings (SSSR count). The van der Waals surface area contributed by atoms with Crippen molar-refractivity contribution in [3.05, 3.63) is 90.2 Å². The van der Waals surface area contributed by atoms with Gasteiger partial charge in [0.25, 0.3) is 0 Å². The first-order chi connectivity index (χ1) is 35.0. The van der Waals surface area contributed by atoms with Crippen LogP contribution in [0.4, 0.5) is 37.1 Å². The van der Waals surface area contributed by atoms with E-state index in [1.54, 1.807) is 41.5 Å². The van der Waals surface area contributed by atoms with E-state index in [9.17, 15) is 51.5 Å². The van der Waals surface area contributed by atoms with Crippen LogP contribution in [0.1, 0.15) is 99.3 Å². The largest absolute Gasteiger partial charge is 0.480 e. The maximum absolute atomic E-state index is 12.8. The van der Waals surface area contributed by atoms with Crippen LogP contribution in [-0.2, 0) is 23.9 Å². The third-order valence-corrected chi connectivity index (χ3v) is 8.78. The zero-order valence-electron chi connectivity index (χ0n) is 42.5. The lowest BCUT2D eigenvalue weighted by Crippen LogP contribution is -2.43. The second-order valence-corrected chi connectivity index (χ2v) is 17.9. The molecule has 3 atom stereocenters. The van der Waals surface area contributed by atoms with Gasteiger partial charge in [0.2, 0.25) is 0 Å². The standard InChI is InChI=1S/C18H25FN2O6.C13H17FN2O4.C11H22N2O4.C7H4ClFO2/c1-18(2,3)27-17(25)21-14(15(22)23)6-4-5-11-20-16(24)26-13-9-7-12(19)8-10-13;14-9-4-6-10(7-5-9)20-13(19)16-8-2-1-3-11(15)12(17)18;1-11(2,3)17-10(16)13-8(9(14)15)6-4-5-7-12;8-7(10)11-6-3-1-5(9)2-4-6/h7-10,14H,4-6,11H2,1-3H3,(H,20,24)(H,21,25)(H,22,23);4-7,11H,1-3,8,15H2,(H,16,19)(H,17,18);8H,4-7,12H2,1-3H3,(H,13,16)(H,14,15);1-4H. The lowest BCUT2D eigenvalue weighted by molar-refractivity contribution is -0.140. The van der Waals surface area contributed by atoms with Gasteiger partial charge >= 0.3 is 47.7 Å². The number of hydrogen-bond donors (Lipinski definition) is 9. The monoisotopic (exact) mass is 1090 g/mol. The fourth-order valence-corrected chi connectivity index (χ4v) is 5.35. The van der Waals surface area contributed by atoms with E-state index in [2.05, 4.69) is 26.0 Å². The SMILES string of the molecule is CC(C)(C)OC(=O)NC(CCCCN)C(=O)O.CC(C)(C)OC(=O)NC(CCCCNC(=O)Oc1ccc(F)cc1)C(=O)O.NC(CCCCNC(=O)Oc1ccc(F)cc1)C(=O)O.O=C(Cl)Oc1ccc(F)cc1. The molecule has 4 amide bonds. The number of carboxylic acid groups (broad SMARTS) is 3. The summed E-state index contributed by atoms with van der Waals surface area (Å²) in [5.74, 6) is -3.81. The number of carbonyl (C=O) groups is 8. The van der Waals surface area contributed by atoms with Gasteiger partial charge in [0, 0.05) is 24.7 Å². The Labute approximate surface area is 437 Å². The van der Waals surface area contributed by atoms with Gasteiger partial charge in [0.05, 0.1) is 0 Å². The highest BCUT2D eigenvalue weighted by molar-refractivity contribution is 6.61. The summed E-state index contributed by atoms with van der Waals surface area (Å²) in [6.45, 7) is 11.3. The Morgan fingerprint density at radius 2 is 0.827 bits per heavy atom. The Balaban J connectivity index is 0.00000102. The second-order valence-electron chi connectivity index (χ2n) is 17.6. The van der Waals surface area contributed by atoms with Crippen molar-refractivity contribution in [2.45, 2.75) is 129 Å². The lowest BCUT2D eigenvalue weighted by Gasteiger charge is -2.22. The van der Waals surface area contributed by atoms with Gasteiger partial charge in [-0.3, -0.25) is 4.79 Å². The van der Waals surface area contributed by atoms with Crippen molar-refractivity contribution in [2.75, 3.05) is 19.6 Å². The van der Waals surface area contributed by atoms with Crippen LogP contribution in [0, 0.1) is 17.5 Å². The first kappa shape index (κ1) is 67.6. The summed E-state index contributed by atoms with van der Waals surface area (Å²) in [6.07, 6.45) is 1.56. The van der Waals surface area contributed by atoms with E-state index in [4.69, 9.17) is 57.3 Å². The smallest absolute Gasteiger partial charge is 0.412 e. The number of ether oxygens (including phenoxy) is 5. The number of alkyl carbamates (subject to hydrolysis) is 2. The molecule has 0 aliphatic heterocycles. The summed E-state index contributed by atoms with van der Waals surface area (Å²) >= 11 is 4.90. The van der Waals surface area contributed by atoms with Crippen molar-refractivity contribution >= 4 is 59.3 Å². The van der Waals surface area contributed by atoms with Crippen LogP contribution in [0.3, 0.4) is 0 Å². The molecule has 0 saturated carbocycles. The molecule has 0 radical (unpaired) electrons. The van der Waals surface area contributed by atoms with Crippen molar-refractivity contribution in [1.29, 1.82) is 0 Å². The van der Waals surface area contributed by atoms with E-state index in [0.717, 1.165) is 6.42 Å². The average molecular weight is 1090 g/mol. The van der Waals surface area contributed by atoms with Crippen molar-refractivity contribution in [1.82, 2.24) is 21.3 Å². The van der Waals surface area contributed by atoms with Crippen LogP contribution < -0.4 is 46.9 Å². The summed E-state index contributed by atoms with van der Waals surface area (Å²) in [5, 5.41) is 36.3. The number of carboxylic acids is 3. The van der Waals surface area contributed by atoms with Gasteiger partial charge < -0.3 is 71.7 Å². The number of amides is 4. The maximum atomic E-state index is 12.8. The molecule has 0 aromatic heterocycles. The molecule has 3 aromatic rings. The van der Waals surface area contributed by atoms with Crippen LogP contribution in [-0.4, -0.2) is 112 Å². The Bertz CT molecular complexity index is 2220. The molecule has 0 fully saturated rings. The Morgan fingerprint density at radius 3 is 1.12 bits per heavy atom. The Kier molecular flexibility index (Phi) is 32.9. The van der Waals surface area contributed by atoms with Crippen molar-refractivity contribution in [3.8, 4) is 17.2 Å². The first-order valence-electron chi connectivity index (χ1n) is 23.2. The zero-order valence-corrected chi connectivity index (χ0v) is 43.2. The summed E-state index contributed by atoms with van der Waals surface area (Å²) in [4.78, 5) is 88.7. The van der Waals surface area contributed by atoms with E-state index in [1.165, 1.54) is 72.8 Å². The first-order valence-corrected chi connectivity index (χ1v) is 23.6. The molecular formula is C49H68ClF3N6O16. The van der Waals surface area contributed by atoms with Gasteiger partial charge in [0.1, 0.15) is 64.0 Å². The predicted octanol–water partition coefficient (Wildman–Crippen LogP) is 8.22. The molecule has 75 heavy (non-hydrogen) atoms. The fourth-order valence-electron chi connectivity index (χ4n) is 5.26. The van der Waals surface area contributed by atoms with Crippen LogP contribution in [0.15, 0.2) is 72.8 Å². The number of nitrogens with two attached hydrogens (primary N) is 2. The van der Waals surface area contributed by atoms with Gasteiger partial charge in [-0.2, -0.15) is 0 Å². The van der Waals surface area contributed by atoms with Crippen LogP contribution in [0.5, 0.6) is 17.2 Å². The van der Waals surface area contributed by atoms with E-state index in [-0.39, 0.29) is 36.0 Å². The minimum absolute atomic E-state index is 0.184. The highest BCUT2D eigenvalue weighted by Gasteiger charge is 2.25. The van der Waals surface area contributed by atoms with Crippen LogP contribution in [0.2, 0.25) is 0 Å². The lowest BCUT2D eigenvalue weighted by atomic mass is 10.1. The summed E-state index contributed by atoms with van der Waals surface area (Å²) in [6, 6.07) is 12.2. The minimum Gasteiger partial charge on any atom is -0.480 e. The third kappa shape index (κ3) is 37.9. The Hall–Kier alpha value is -7.38. The van der Waals surface area contributed by atoms with Gasteiger partial charge in [-0.05, 0) is 179 Å². The topological polar surface area (TPSA) is 344 Å².